The molecule has 0 aromatic heterocycles. The quantitative estimate of drug-likeness (QED) is 0.469. The second-order valence-electron chi connectivity index (χ2n) is 7.22. The summed E-state index contributed by atoms with van der Waals surface area (Å²) in [6.07, 6.45) is 3.43. The molecule has 0 radical (unpaired) electrons. The predicted molar refractivity (Wildman–Crippen MR) is 109 cm³/mol. The molecule has 1 aliphatic carbocycles. The molecule has 2 aromatic rings. The highest BCUT2D eigenvalue weighted by atomic mass is 127. The highest BCUT2D eigenvalue weighted by Gasteiger charge is 2.44. The number of fused-ring (bicyclic) bond motifs is 1. The van der Waals surface area contributed by atoms with Crippen molar-refractivity contribution in [3.8, 4) is 11.1 Å². The maximum Gasteiger partial charge on any atom is -0.00632 e. The Balaban J connectivity index is 2.03. The van der Waals surface area contributed by atoms with Gasteiger partial charge in [-0.1, -0.05) is 75.4 Å². The molecule has 0 nitrogen and oxygen atoms in total. The molecule has 0 N–H and O–H groups in total. The standard InChI is InChI=1S/C22H25I/c1-5-18(23)14-20-15(2)19-12-11-17(13-21(19)22(20,3)4)16-9-7-6-8-10-16/h5-13,15,20H,14H2,1-4H3/b18-5+. The van der Waals surface area contributed by atoms with Crippen molar-refractivity contribution in [2.75, 3.05) is 0 Å². The van der Waals surface area contributed by atoms with Gasteiger partial charge in [0.05, 0.1) is 0 Å². The molecular formula is C22H25I. The Morgan fingerprint density at radius 3 is 2.43 bits per heavy atom. The molecule has 0 spiro atoms. The Morgan fingerprint density at radius 1 is 1.09 bits per heavy atom. The van der Waals surface area contributed by atoms with Gasteiger partial charge in [0, 0.05) is 0 Å². The number of hydrogen-bond acceptors (Lipinski definition) is 0. The van der Waals surface area contributed by atoms with Crippen molar-refractivity contribution in [3.05, 3.63) is 69.3 Å². The fraction of sp³-hybridized carbons (Fsp3) is 0.364. The zero-order valence-corrected chi connectivity index (χ0v) is 16.6. The van der Waals surface area contributed by atoms with Crippen LogP contribution in [0.5, 0.6) is 0 Å². The molecule has 1 aliphatic rings. The van der Waals surface area contributed by atoms with Crippen LogP contribution in [-0.2, 0) is 5.41 Å². The molecule has 0 saturated carbocycles. The molecule has 3 rings (SSSR count). The summed E-state index contributed by atoms with van der Waals surface area (Å²) >= 11 is 2.50. The van der Waals surface area contributed by atoms with Gasteiger partial charge in [0.15, 0.2) is 0 Å². The summed E-state index contributed by atoms with van der Waals surface area (Å²) in [6, 6.07) is 17.8. The fourth-order valence-electron chi connectivity index (χ4n) is 4.12. The predicted octanol–water partition coefficient (Wildman–Crippen LogP) is 7.09. The van der Waals surface area contributed by atoms with E-state index in [1.807, 2.05) is 0 Å². The molecule has 0 heterocycles. The normalized spacial score (nSPS) is 22.9. The van der Waals surface area contributed by atoms with Crippen molar-refractivity contribution in [2.45, 2.75) is 45.4 Å². The van der Waals surface area contributed by atoms with Crippen molar-refractivity contribution in [2.24, 2.45) is 5.92 Å². The number of benzene rings is 2. The SMILES string of the molecule is C/C=C(/I)CC1C(C)c2ccc(-c3ccccc3)cc2C1(C)C. The zero-order valence-electron chi connectivity index (χ0n) is 14.4. The number of allylic oxidation sites excluding steroid dienone is 2. The fourth-order valence-corrected chi connectivity index (χ4v) is 4.60. The summed E-state index contributed by atoms with van der Waals surface area (Å²) in [6.45, 7) is 9.40. The van der Waals surface area contributed by atoms with Crippen molar-refractivity contribution < 1.29 is 0 Å². The van der Waals surface area contributed by atoms with E-state index in [9.17, 15) is 0 Å². The first-order valence-corrected chi connectivity index (χ1v) is 9.53. The summed E-state index contributed by atoms with van der Waals surface area (Å²) in [4.78, 5) is 0. The van der Waals surface area contributed by atoms with Crippen LogP contribution in [-0.4, -0.2) is 0 Å². The van der Waals surface area contributed by atoms with Gasteiger partial charge in [0.1, 0.15) is 0 Å². The van der Waals surface area contributed by atoms with E-state index in [-0.39, 0.29) is 5.41 Å². The Labute approximate surface area is 154 Å². The van der Waals surface area contributed by atoms with E-state index < -0.39 is 0 Å². The average Bonchev–Trinajstić information content (AvgIpc) is 2.76. The highest BCUT2D eigenvalue weighted by molar-refractivity contribution is 14.1. The van der Waals surface area contributed by atoms with Gasteiger partial charge in [0.2, 0.25) is 0 Å². The third-order valence-corrected chi connectivity index (χ3v) is 6.67. The molecule has 0 fully saturated rings. The molecule has 120 valence electrons. The summed E-state index contributed by atoms with van der Waals surface area (Å²) in [5.41, 5.74) is 5.95. The van der Waals surface area contributed by atoms with E-state index in [1.165, 1.54) is 26.7 Å². The second-order valence-corrected chi connectivity index (χ2v) is 8.61. The molecule has 0 aliphatic heterocycles. The Morgan fingerprint density at radius 2 is 1.78 bits per heavy atom. The van der Waals surface area contributed by atoms with Crippen molar-refractivity contribution in [1.29, 1.82) is 0 Å². The van der Waals surface area contributed by atoms with Gasteiger partial charge in [-0.25, -0.2) is 0 Å². The molecule has 0 saturated heterocycles. The van der Waals surface area contributed by atoms with Gasteiger partial charge >= 0.3 is 0 Å². The van der Waals surface area contributed by atoms with E-state index in [1.54, 1.807) is 5.56 Å². The van der Waals surface area contributed by atoms with E-state index in [2.05, 4.69) is 105 Å². The van der Waals surface area contributed by atoms with Crippen LogP contribution in [0.1, 0.15) is 51.2 Å². The summed E-state index contributed by atoms with van der Waals surface area (Å²) in [5.74, 6) is 1.29. The van der Waals surface area contributed by atoms with Crippen LogP contribution in [0, 0.1) is 5.92 Å². The van der Waals surface area contributed by atoms with Crippen LogP contribution >= 0.6 is 22.6 Å². The van der Waals surface area contributed by atoms with Crippen LogP contribution in [0.3, 0.4) is 0 Å². The van der Waals surface area contributed by atoms with Crippen LogP contribution in [0.15, 0.2) is 58.2 Å². The largest absolute Gasteiger partial charge is 0.0783 e. The molecule has 2 unspecified atom stereocenters. The summed E-state index contributed by atoms with van der Waals surface area (Å²) < 4.78 is 1.48. The lowest BCUT2D eigenvalue weighted by Crippen LogP contribution is -2.25. The van der Waals surface area contributed by atoms with Gasteiger partial charge in [-0.2, -0.15) is 0 Å². The maximum atomic E-state index is 2.50. The molecule has 0 amide bonds. The lowest BCUT2D eigenvalue weighted by Gasteiger charge is -2.30. The monoisotopic (exact) mass is 416 g/mol. The smallest absolute Gasteiger partial charge is 0.00632 e. The van der Waals surface area contributed by atoms with Gasteiger partial charge in [0.25, 0.3) is 0 Å². The minimum Gasteiger partial charge on any atom is -0.0783 e. The first-order chi connectivity index (χ1) is 10.9. The lowest BCUT2D eigenvalue weighted by molar-refractivity contribution is 0.315. The zero-order chi connectivity index (χ0) is 16.6. The molecule has 2 atom stereocenters. The van der Waals surface area contributed by atoms with E-state index >= 15 is 0 Å². The van der Waals surface area contributed by atoms with Gasteiger partial charge in [-0.05, 0) is 79.0 Å². The Bertz CT molecular complexity index is 725. The molecular weight excluding hydrogens is 391 g/mol. The third kappa shape index (κ3) is 3.00. The van der Waals surface area contributed by atoms with Gasteiger partial charge in [-0.15, -0.1) is 0 Å². The van der Waals surface area contributed by atoms with Gasteiger partial charge < -0.3 is 0 Å². The average molecular weight is 416 g/mol. The number of hydrogen-bond donors (Lipinski definition) is 0. The van der Waals surface area contributed by atoms with Crippen molar-refractivity contribution in [1.82, 2.24) is 0 Å². The van der Waals surface area contributed by atoms with Crippen LogP contribution in [0.4, 0.5) is 0 Å². The van der Waals surface area contributed by atoms with E-state index in [0.717, 1.165) is 0 Å². The summed E-state index contributed by atoms with van der Waals surface area (Å²) in [7, 11) is 0. The van der Waals surface area contributed by atoms with Crippen LogP contribution < -0.4 is 0 Å². The van der Waals surface area contributed by atoms with Crippen LogP contribution in [0.2, 0.25) is 0 Å². The van der Waals surface area contributed by atoms with E-state index in [0.29, 0.717) is 11.8 Å². The number of halogens is 1. The van der Waals surface area contributed by atoms with E-state index in [4.69, 9.17) is 0 Å². The van der Waals surface area contributed by atoms with Crippen molar-refractivity contribution in [3.63, 3.8) is 0 Å². The second kappa shape index (κ2) is 6.43. The first kappa shape index (κ1) is 16.8. The number of rotatable bonds is 3. The molecule has 0 bridgehead atoms. The Kier molecular flexibility index (Phi) is 4.68. The first-order valence-electron chi connectivity index (χ1n) is 8.45. The molecule has 23 heavy (non-hydrogen) atoms. The minimum atomic E-state index is 0.221. The van der Waals surface area contributed by atoms with Gasteiger partial charge in [-0.3, -0.25) is 0 Å². The molecule has 1 heteroatoms. The third-order valence-electron chi connectivity index (χ3n) is 5.60. The lowest BCUT2D eigenvalue weighted by atomic mass is 9.74. The minimum absolute atomic E-state index is 0.221. The summed E-state index contributed by atoms with van der Waals surface area (Å²) in [5, 5.41) is 0. The topological polar surface area (TPSA) is 0 Å². The molecule has 2 aromatic carbocycles. The van der Waals surface area contributed by atoms with Crippen molar-refractivity contribution >= 4 is 22.6 Å². The Hall–Kier alpha value is -1.09. The highest BCUT2D eigenvalue weighted by Crippen LogP contribution is 2.53. The van der Waals surface area contributed by atoms with Crippen LogP contribution in [0.25, 0.3) is 11.1 Å². The maximum absolute atomic E-state index is 2.50.